The SMILES string of the molecule is Fc1cccc(C(Br)c2ccc3c(c2)CCC3)c1F. The molecule has 1 aliphatic rings. The lowest BCUT2D eigenvalue weighted by Gasteiger charge is -2.13. The van der Waals surface area contributed by atoms with E-state index in [9.17, 15) is 8.78 Å². The van der Waals surface area contributed by atoms with E-state index in [0.29, 0.717) is 5.56 Å². The molecule has 98 valence electrons. The Morgan fingerprint density at radius 3 is 2.63 bits per heavy atom. The normalized spacial score (nSPS) is 15.3. The molecular weight excluding hydrogens is 310 g/mol. The van der Waals surface area contributed by atoms with Crippen LogP contribution in [-0.2, 0) is 12.8 Å². The summed E-state index contributed by atoms with van der Waals surface area (Å²) in [5.74, 6) is -1.58. The molecule has 0 fully saturated rings. The van der Waals surface area contributed by atoms with Crippen molar-refractivity contribution in [1.82, 2.24) is 0 Å². The molecule has 0 N–H and O–H groups in total. The Labute approximate surface area is 119 Å². The van der Waals surface area contributed by atoms with Crippen molar-refractivity contribution < 1.29 is 8.78 Å². The number of alkyl halides is 1. The number of fused-ring (bicyclic) bond motifs is 1. The van der Waals surface area contributed by atoms with Crippen molar-refractivity contribution >= 4 is 15.9 Å². The molecule has 19 heavy (non-hydrogen) atoms. The Kier molecular flexibility index (Phi) is 3.40. The molecule has 3 rings (SSSR count). The van der Waals surface area contributed by atoms with Crippen molar-refractivity contribution in [2.24, 2.45) is 0 Å². The molecule has 0 aromatic heterocycles. The molecule has 1 atom stereocenters. The summed E-state index contributed by atoms with van der Waals surface area (Å²) in [5, 5.41) is 0. The van der Waals surface area contributed by atoms with Gasteiger partial charge >= 0.3 is 0 Å². The highest BCUT2D eigenvalue weighted by molar-refractivity contribution is 9.09. The van der Waals surface area contributed by atoms with Gasteiger partial charge in [-0.1, -0.05) is 46.3 Å². The van der Waals surface area contributed by atoms with Gasteiger partial charge in [-0.3, -0.25) is 0 Å². The zero-order chi connectivity index (χ0) is 13.4. The fourth-order valence-corrected chi connectivity index (χ4v) is 3.28. The molecular formula is C16H13BrF2. The molecule has 0 saturated heterocycles. The Morgan fingerprint density at radius 1 is 1.00 bits per heavy atom. The highest BCUT2D eigenvalue weighted by Gasteiger charge is 2.19. The van der Waals surface area contributed by atoms with Gasteiger partial charge in [0, 0.05) is 5.56 Å². The molecule has 0 amide bonds. The monoisotopic (exact) mass is 322 g/mol. The average molecular weight is 323 g/mol. The second kappa shape index (κ2) is 5.04. The second-order valence-electron chi connectivity index (χ2n) is 4.89. The van der Waals surface area contributed by atoms with E-state index in [0.717, 1.165) is 24.5 Å². The van der Waals surface area contributed by atoms with Crippen LogP contribution in [0.2, 0.25) is 0 Å². The first kappa shape index (κ1) is 12.8. The summed E-state index contributed by atoms with van der Waals surface area (Å²) in [7, 11) is 0. The minimum absolute atomic E-state index is 0.311. The van der Waals surface area contributed by atoms with Crippen molar-refractivity contribution in [2.45, 2.75) is 24.1 Å². The van der Waals surface area contributed by atoms with Crippen molar-refractivity contribution in [3.05, 3.63) is 70.3 Å². The maximum atomic E-state index is 13.8. The van der Waals surface area contributed by atoms with E-state index in [1.807, 2.05) is 6.07 Å². The Balaban J connectivity index is 2.00. The number of hydrogen-bond acceptors (Lipinski definition) is 0. The molecule has 1 unspecified atom stereocenters. The highest BCUT2D eigenvalue weighted by Crippen LogP contribution is 2.35. The van der Waals surface area contributed by atoms with Crippen molar-refractivity contribution in [1.29, 1.82) is 0 Å². The van der Waals surface area contributed by atoms with E-state index in [1.54, 1.807) is 6.07 Å². The molecule has 0 aliphatic heterocycles. The number of rotatable bonds is 2. The topological polar surface area (TPSA) is 0 Å². The summed E-state index contributed by atoms with van der Waals surface area (Å²) in [6.45, 7) is 0. The van der Waals surface area contributed by atoms with Gasteiger partial charge in [0.25, 0.3) is 0 Å². The lowest BCUT2D eigenvalue weighted by molar-refractivity contribution is 0.500. The van der Waals surface area contributed by atoms with E-state index >= 15 is 0 Å². The van der Waals surface area contributed by atoms with Crippen LogP contribution in [0.15, 0.2) is 36.4 Å². The summed E-state index contributed by atoms with van der Waals surface area (Å²) in [4.78, 5) is -0.311. The van der Waals surface area contributed by atoms with Gasteiger partial charge < -0.3 is 0 Å². The van der Waals surface area contributed by atoms with Crippen molar-refractivity contribution in [2.75, 3.05) is 0 Å². The van der Waals surface area contributed by atoms with Gasteiger partial charge in [0.15, 0.2) is 11.6 Å². The van der Waals surface area contributed by atoms with E-state index in [2.05, 4.69) is 28.1 Å². The largest absolute Gasteiger partial charge is 0.204 e. The molecule has 0 saturated carbocycles. The van der Waals surface area contributed by atoms with Gasteiger partial charge in [-0.25, -0.2) is 8.78 Å². The van der Waals surface area contributed by atoms with Gasteiger partial charge in [-0.05, 0) is 42.0 Å². The molecule has 0 nitrogen and oxygen atoms in total. The van der Waals surface area contributed by atoms with Crippen molar-refractivity contribution in [3.8, 4) is 0 Å². The predicted octanol–water partition coefficient (Wildman–Crippen LogP) is 4.94. The Morgan fingerprint density at radius 2 is 1.79 bits per heavy atom. The van der Waals surface area contributed by atoms with Gasteiger partial charge in [0.05, 0.1) is 4.83 Å². The van der Waals surface area contributed by atoms with Crippen LogP contribution >= 0.6 is 15.9 Å². The maximum absolute atomic E-state index is 13.8. The first-order valence-electron chi connectivity index (χ1n) is 6.36. The van der Waals surface area contributed by atoms with Crippen LogP contribution in [0, 0.1) is 11.6 Å². The zero-order valence-corrected chi connectivity index (χ0v) is 11.9. The van der Waals surface area contributed by atoms with Crippen LogP contribution in [0.3, 0.4) is 0 Å². The quantitative estimate of drug-likeness (QED) is 0.687. The van der Waals surface area contributed by atoms with Gasteiger partial charge in [0.2, 0.25) is 0 Å². The predicted molar refractivity (Wildman–Crippen MR) is 75.6 cm³/mol. The van der Waals surface area contributed by atoms with E-state index in [1.165, 1.54) is 23.6 Å². The lowest BCUT2D eigenvalue weighted by atomic mass is 10.00. The summed E-state index contributed by atoms with van der Waals surface area (Å²) in [5.41, 5.74) is 4.03. The van der Waals surface area contributed by atoms with Crippen LogP contribution < -0.4 is 0 Å². The molecule has 0 bridgehead atoms. The van der Waals surface area contributed by atoms with Gasteiger partial charge in [-0.15, -0.1) is 0 Å². The van der Waals surface area contributed by atoms with Gasteiger partial charge in [-0.2, -0.15) is 0 Å². The lowest BCUT2D eigenvalue weighted by Crippen LogP contribution is -2.00. The summed E-state index contributed by atoms with van der Waals surface area (Å²) >= 11 is 3.48. The van der Waals surface area contributed by atoms with Crippen LogP contribution in [0.1, 0.15) is 33.5 Å². The van der Waals surface area contributed by atoms with E-state index in [4.69, 9.17) is 0 Å². The minimum Gasteiger partial charge on any atom is -0.204 e. The first-order valence-corrected chi connectivity index (χ1v) is 7.28. The third-order valence-corrected chi connectivity index (χ3v) is 4.69. The van der Waals surface area contributed by atoms with Gasteiger partial charge in [0.1, 0.15) is 0 Å². The molecule has 0 spiro atoms. The molecule has 2 aromatic rings. The average Bonchev–Trinajstić information content (AvgIpc) is 2.88. The Bertz CT molecular complexity index is 622. The van der Waals surface area contributed by atoms with Crippen LogP contribution in [-0.4, -0.2) is 0 Å². The van der Waals surface area contributed by atoms with Crippen LogP contribution in [0.25, 0.3) is 0 Å². The third kappa shape index (κ3) is 2.32. The summed E-state index contributed by atoms with van der Waals surface area (Å²) in [6.07, 6.45) is 3.38. The summed E-state index contributed by atoms with van der Waals surface area (Å²) in [6, 6.07) is 10.5. The van der Waals surface area contributed by atoms with Crippen LogP contribution in [0.5, 0.6) is 0 Å². The Hall–Kier alpha value is -1.22. The third-order valence-electron chi connectivity index (χ3n) is 3.67. The van der Waals surface area contributed by atoms with E-state index in [-0.39, 0.29) is 4.83 Å². The second-order valence-corrected chi connectivity index (χ2v) is 5.80. The van der Waals surface area contributed by atoms with E-state index < -0.39 is 11.6 Å². The highest BCUT2D eigenvalue weighted by atomic mass is 79.9. The standard InChI is InChI=1S/C16H13BrF2/c17-15(13-5-2-6-14(18)16(13)19)12-8-7-10-3-1-4-11(10)9-12/h2,5-9,15H,1,3-4H2. The number of halogens is 3. The first-order chi connectivity index (χ1) is 9.16. The van der Waals surface area contributed by atoms with Crippen molar-refractivity contribution in [3.63, 3.8) is 0 Å². The molecule has 2 aromatic carbocycles. The zero-order valence-electron chi connectivity index (χ0n) is 10.3. The fraction of sp³-hybridized carbons (Fsp3) is 0.250. The molecule has 3 heteroatoms. The van der Waals surface area contributed by atoms with Crippen LogP contribution in [0.4, 0.5) is 8.78 Å². The fourth-order valence-electron chi connectivity index (χ4n) is 2.65. The molecule has 0 radical (unpaired) electrons. The summed E-state index contributed by atoms with van der Waals surface area (Å²) < 4.78 is 27.1. The smallest absolute Gasteiger partial charge is 0.163 e. The molecule has 1 aliphatic carbocycles. The number of aryl methyl sites for hydroxylation is 2. The maximum Gasteiger partial charge on any atom is 0.163 e. The number of benzene rings is 2. The molecule has 0 heterocycles. The minimum atomic E-state index is -0.803. The number of hydrogen-bond donors (Lipinski definition) is 0.